The molecule has 2 nitrogen and oxygen atoms in total. The van der Waals surface area contributed by atoms with Crippen LogP contribution in [0.15, 0.2) is 0 Å². The summed E-state index contributed by atoms with van der Waals surface area (Å²) in [4.78, 5) is 2.40. The molecule has 0 amide bonds. The van der Waals surface area contributed by atoms with Crippen LogP contribution in [0.5, 0.6) is 0 Å². The Hall–Kier alpha value is -0.0800. The van der Waals surface area contributed by atoms with Crippen LogP contribution in [0, 0.1) is 11.8 Å². The molecule has 1 aliphatic heterocycles. The molecule has 1 saturated heterocycles. The van der Waals surface area contributed by atoms with Gasteiger partial charge in [0.05, 0.1) is 0 Å². The fourth-order valence-electron chi connectivity index (χ4n) is 2.15. The first kappa shape index (κ1) is 7.56. The first-order valence-electron chi connectivity index (χ1n) is 4.71. The maximum Gasteiger partial charge on any atom is 0.0108 e. The van der Waals surface area contributed by atoms with Crippen molar-refractivity contribution in [2.24, 2.45) is 17.6 Å². The van der Waals surface area contributed by atoms with Gasteiger partial charge in [-0.25, -0.2) is 0 Å². The molecule has 11 heavy (non-hydrogen) atoms. The maximum atomic E-state index is 6.12. The number of hydrogen-bond acceptors (Lipinski definition) is 2. The molecule has 1 heterocycles. The van der Waals surface area contributed by atoms with E-state index in [1.165, 1.54) is 32.4 Å². The third-order valence-corrected chi connectivity index (χ3v) is 3.14. The number of nitrogens with zero attached hydrogens (tertiary/aromatic N) is 1. The summed E-state index contributed by atoms with van der Waals surface area (Å²) < 4.78 is 0. The largest absolute Gasteiger partial charge is 0.327 e. The van der Waals surface area contributed by atoms with Crippen molar-refractivity contribution in [2.45, 2.75) is 25.3 Å². The summed E-state index contributed by atoms with van der Waals surface area (Å²) in [5.74, 6) is 1.68. The van der Waals surface area contributed by atoms with E-state index in [1.54, 1.807) is 0 Å². The van der Waals surface area contributed by atoms with Crippen LogP contribution < -0.4 is 5.73 Å². The number of rotatable bonds is 2. The molecule has 0 aromatic carbocycles. The van der Waals surface area contributed by atoms with E-state index in [0.717, 1.165) is 11.8 Å². The van der Waals surface area contributed by atoms with Crippen LogP contribution in [0.3, 0.4) is 0 Å². The van der Waals surface area contributed by atoms with Gasteiger partial charge in [-0.1, -0.05) is 0 Å². The van der Waals surface area contributed by atoms with E-state index < -0.39 is 0 Å². The van der Waals surface area contributed by atoms with E-state index >= 15 is 0 Å². The molecule has 0 spiro atoms. The minimum absolute atomic E-state index is 0.514. The van der Waals surface area contributed by atoms with Crippen molar-refractivity contribution in [3.8, 4) is 0 Å². The smallest absolute Gasteiger partial charge is 0.0108 e. The Morgan fingerprint density at radius 3 is 2.45 bits per heavy atom. The van der Waals surface area contributed by atoms with Crippen LogP contribution in [0.2, 0.25) is 0 Å². The molecule has 1 saturated carbocycles. The molecule has 1 aliphatic carbocycles. The van der Waals surface area contributed by atoms with Crippen molar-refractivity contribution in [1.82, 2.24) is 4.90 Å². The fourth-order valence-corrected chi connectivity index (χ4v) is 2.15. The summed E-state index contributed by atoms with van der Waals surface area (Å²) in [6, 6.07) is 0.514. The van der Waals surface area contributed by atoms with Gasteiger partial charge in [-0.3, -0.25) is 0 Å². The Morgan fingerprint density at radius 1 is 1.27 bits per heavy atom. The first-order chi connectivity index (χ1) is 5.27. The number of hydrogen-bond donors (Lipinski definition) is 1. The van der Waals surface area contributed by atoms with Crippen LogP contribution in [-0.4, -0.2) is 31.1 Å². The summed E-state index contributed by atoms with van der Waals surface area (Å²) in [5.41, 5.74) is 6.12. The Morgan fingerprint density at radius 2 is 2.00 bits per heavy atom. The van der Waals surface area contributed by atoms with E-state index in [1.807, 2.05) is 0 Å². The van der Waals surface area contributed by atoms with Crippen molar-refractivity contribution in [1.29, 1.82) is 0 Å². The fraction of sp³-hybridized carbons (Fsp3) is 1.00. The summed E-state index contributed by atoms with van der Waals surface area (Å²) in [7, 11) is 2.19. The van der Waals surface area contributed by atoms with Gasteiger partial charge in [0.15, 0.2) is 0 Å². The molecular formula is C9H18N2. The Balaban J connectivity index is 1.84. The lowest BCUT2D eigenvalue weighted by Crippen LogP contribution is -2.33. The van der Waals surface area contributed by atoms with Crippen LogP contribution in [-0.2, 0) is 0 Å². The molecule has 64 valence electrons. The van der Waals surface area contributed by atoms with Crippen LogP contribution in [0.1, 0.15) is 19.3 Å². The quantitative estimate of drug-likeness (QED) is 0.633. The summed E-state index contributed by atoms with van der Waals surface area (Å²) >= 11 is 0. The normalized spacial score (nSPS) is 36.0. The summed E-state index contributed by atoms with van der Waals surface area (Å²) in [6.07, 6.45) is 4.11. The Kier molecular flexibility index (Phi) is 1.90. The molecule has 0 aromatic rings. The second-order valence-corrected chi connectivity index (χ2v) is 4.23. The van der Waals surface area contributed by atoms with E-state index in [2.05, 4.69) is 11.9 Å². The van der Waals surface area contributed by atoms with E-state index in [-0.39, 0.29) is 0 Å². The zero-order valence-corrected chi connectivity index (χ0v) is 7.29. The molecule has 2 rings (SSSR count). The highest BCUT2D eigenvalue weighted by Crippen LogP contribution is 2.36. The molecule has 0 radical (unpaired) electrons. The van der Waals surface area contributed by atoms with Crippen molar-refractivity contribution >= 4 is 0 Å². The lowest BCUT2D eigenvalue weighted by Gasteiger charge is -2.18. The summed E-state index contributed by atoms with van der Waals surface area (Å²) in [5, 5.41) is 0. The zero-order valence-electron chi connectivity index (χ0n) is 7.29. The highest BCUT2D eigenvalue weighted by Gasteiger charge is 2.36. The van der Waals surface area contributed by atoms with Crippen molar-refractivity contribution in [2.75, 3.05) is 20.1 Å². The average molecular weight is 154 g/mol. The Bertz CT molecular complexity index is 142. The van der Waals surface area contributed by atoms with Crippen LogP contribution >= 0.6 is 0 Å². The van der Waals surface area contributed by atoms with Crippen LogP contribution in [0.4, 0.5) is 0 Å². The lowest BCUT2D eigenvalue weighted by molar-refractivity contribution is 0.354. The lowest BCUT2D eigenvalue weighted by atomic mass is 9.96. The van der Waals surface area contributed by atoms with Gasteiger partial charge in [-0.15, -0.1) is 0 Å². The minimum atomic E-state index is 0.514. The minimum Gasteiger partial charge on any atom is -0.327 e. The van der Waals surface area contributed by atoms with E-state index in [0.29, 0.717) is 6.04 Å². The van der Waals surface area contributed by atoms with Crippen molar-refractivity contribution in [3.05, 3.63) is 0 Å². The first-order valence-corrected chi connectivity index (χ1v) is 4.71. The second-order valence-electron chi connectivity index (χ2n) is 4.23. The molecule has 0 aromatic heterocycles. The standard InChI is InChI=1S/C9H18N2/c1-11-5-4-8(6-11)9(10)7-2-3-7/h7-9H,2-6,10H2,1H3. The second kappa shape index (κ2) is 2.76. The zero-order chi connectivity index (χ0) is 7.84. The number of nitrogens with two attached hydrogens (primary N) is 1. The molecular weight excluding hydrogens is 136 g/mol. The summed E-state index contributed by atoms with van der Waals surface area (Å²) in [6.45, 7) is 2.49. The average Bonchev–Trinajstić information content (AvgIpc) is 2.74. The third-order valence-electron chi connectivity index (χ3n) is 3.14. The molecule has 2 heteroatoms. The molecule has 2 unspecified atom stereocenters. The van der Waals surface area contributed by atoms with Crippen molar-refractivity contribution < 1.29 is 0 Å². The van der Waals surface area contributed by atoms with Gasteiger partial charge in [-0.05, 0) is 44.7 Å². The molecule has 2 atom stereocenters. The Labute approximate surface area is 68.7 Å². The molecule has 0 bridgehead atoms. The van der Waals surface area contributed by atoms with Gasteiger partial charge in [0.25, 0.3) is 0 Å². The third kappa shape index (κ3) is 1.57. The van der Waals surface area contributed by atoms with E-state index in [9.17, 15) is 0 Å². The van der Waals surface area contributed by atoms with Gasteiger partial charge >= 0.3 is 0 Å². The number of likely N-dealkylation sites (tertiary alicyclic amines) is 1. The van der Waals surface area contributed by atoms with Gasteiger partial charge in [-0.2, -0.15) is 0 Å². The highest BCUT2D eigenvalue weighted by atomic mass is 15.1. The highest BCUT2D eigenvalue weighted by molar-refractivity contribution is 4.91. The van der Waals surface area contributed by atoms with Crippen LogP contribution in [0.25, 0.3) is 0 Å². The van der Waals surface area contributed by atoms with Crippen molar-refractivity contribution in [3.63, 3.8) is 0 Å². The van der Waals surface area contributed by atoms with Gasteiger partial charge in [0, 0.05) is 12.6 Å². The molecule has 2 fully saturated rings. The predicted molar refractivity (Wildman–Crippen MR) is 46.3 cm³/mol. The van der Waals surface area contributed by atoms with Gasteiger partial charge in [0.1, 0.15) is 0 Å². The SMILES string of the molecule is CN1CCC(C(N)C2CC2)C1. The molecule has 2 N–H and O–H groups in total. The van der Waals surface area contributed by atoms with Gasteiger partial charge in [0.2, 0.25) is 0 Å². The maximum absolute atomic E-state index is 6.12. The monoisotopic (exact) mass is 154 g/mol. The topological polar surface area (TPSA) is 29.3 Å². The predicted octanol–water partition coefficient (Wildman–Crippen LogP) is 0.675. The van der Waals surface area contributed by atoms with E-state index in [4.69, 9.17) is 5.73 Å². The van der Waals surface area contributed by atoms with Gasteiger partial charge < -0.3 is 10.6 Å². The molecule has 2 aliphatic rings.